The molecule has 1 aliphatic rings. The molecule has 0 unspecified atom stereocenters. The van der Waals surface area contributed by atoms with E-state index in [1.807, 2.05) is 0 Å². The van der Waals surface area contributed by atoms with Crippen molar-refractivity contribution >= 4 is 17.3 Å². The van der Waals surface area contributed by atoms with Crippen LogP contribution >= 0.6 is 0 Å². The van der Waals surface area contributed by atoms with Crippen LogP contribution in [-0.2, 0) is 11.2 Å². The van der Waals surface area contributed by atoms with Crippen molar-refractivity contribution in [2.45, 2.75) is 19.3 Å². The van der Waals surface area contributed by atoms with E-state index in [4.69, 9.17) is 10.2 Å². The molecule has 0 spiro atoms. The summed E-state index contributed by atoms with van der Waals surface area (Å²) in [6, 6.07) is 1.45. The fraction of sp³-hybridized carbons (Fsp3) is 0.333. The van der Waals surface area contributed by atoms with E-state index in [1.54, 1.807) is 0 Å². The van der Waals surface area contributed by atoms with Crippen molar-refractivity contribution in [3.63, 3.8) is 0 Å². The van der Waals surface area contributed by atoms with Gasteiger partial charge in [-0.05, 0) is 12.5 Å². The zero-order chi connectivity index (χ0) is 10.1. The van der Waals surface area contributed by atoms with Crippen molar-refractivity contribution in [1.82, 2.24) is 0 Å². The lowest BCUT2D eigenvalue weighted by Gasteiger charge is -2.04. The Balaban J connectivity index is 2.51. The molecule has 0 saturated carbocycles. The number of aryl methyl sites for hydroxylation is 1. The Bertz CT molecular complexity index is 436. The highest BCUT2D eigenvalue weighted by atomic mass is 16.4. The Labute approximate surface area is 79.9 Å². The minimum atomic E-state index is -0.542. The quantitative estimate of drug-likeness (QED) is 0.629. The van der Waals surface area contributed by atoms with E-state index in [-0.39, 0.29) is 11.6 Å². The first-order chi connectivity index (χ1) is 6.66. The lowest BCUT2D eigenvalue weighted by Crippen LogP contribution is -2.13. The van der Waals surface area contributed by atoms with Gasteiger partial charge in [-0.15, -0.1) is 0 Å². The molecule has 0 saturated heterocycles. The van der Waals surface area contributed by atoms with Crippen molar-refractivity contribution in [2.75, 3.05) is 11.1 Å². The summed E-state index contributed by atoms with van der Waals surface area (Å²) in [6.45, 7) is 0. The zero-order valence-corrected chi connectivity index (χ0v) is 7.50. The highest BCUT2D eigenvalue weighted by Crippen LogP contribution is 2.21. The van der Waals surface area contributed by atoms with Gasteiger partial charge >= 0.3 is 5.63 Å². The van der Waals surface area contributed by atoms with Crippen LogP contribution in [0, 0.1) is 0 Å². The van der Waals surface area contributed by atoms with Gasteiger partial charge in [-0.3, -0.25) is 4.79 Å². The van der Waals surface area contributed by atoms with Gasteiger partial charge in [0.2, 0.25) is 5.91 Å². The van der Waals surface area contributed by atoms with Gasteiger partial charge in [0, 0.05) is 12.8 Å². The number of anilines is 2. The van der Waals surface area contributed by atoms with Gasteiger partial charge in [0.05, 0.1) is 5.69 Å². The molecule has 74 valence electrons. The van der Waals surface area contributed by atoms with Crippen LogP contribution < -0.4 is 16.7 Å². The number of nitrogens with two attached hydrogens (primary N) is 1. The number of nitrogens with one attached hydrogen (secondary N) is 1. The second-order valence-corrected chi connectivity index (χ2v) is 3.23. The normalized spacial score (nSPS) is 15.6. The topological polar surface area (TPSA) is 85.3 Å². The van der Waals surface area contributed by atoms with Crippen LogP contribution in [0.2, 0.25) is 0 Å². The maximum atomic E-state index is 11.2. The Kier molecular flexibility index (Phi) is 1.99. The summed E-state index contributed by atoms with van der Waals surface area (Å²) in [6.07, 6.45) is 1.72. The van der Waals surface area contributed by atoms with E-state index < -0.39 is 5.63 Å². The molecule has 0 aromatic carbocycles. The van der Waals surface area contributed by atoms with Crippen LogP contribution in [0.4, 0.5) is 11.4 Å². The summed E-state index contributed by atoms with van der Waals surface area (Å²) in [5.41, 5.74) is 5.38. The summed E-state index contributed by atoms with van der Waals surface area (Å²) >= 11 is 0. The molecule has 1 aromatic rings. The SMILES string of the molecule is Nc1cc2c(oc1=O)CCCC(=O)N2. The largest absolute Gasteiger partial charge is 0.424 e. The van der Waals surface area contributed by atoms with Crippen LogP contribution in [0.3, 0.4) is 0 Å². The van der Waals surface area contributed by atoms with Gasteiger partial charge in [-0.25, -0.2) is 4.79 Å². The Morgan fingerprint density at radius 2 is 2.14 bits per heavy atom. The van der Waals surface area contributed by atoms with E-state index >= 15 is 0 Å². The van der Waals surface area contributed by atoms with Crippen LogP contribution in [-0.4, -0.2) is 5.91 Å². The lowest BCUT2D eigenvalue weighted by atomic mass is 10.2. The number of hydrogen-bond acceptors (Lipinski definition) is 4. The molecule has 1 amide bonds. The molecule has 2 heterocycles. The third kappa shape index (κ3) is 1.48. The molecule has 0 aliphatic carbocycles. The maximum Gasteiger partial charge on any atom is 0.359 e. The number of fused-ring (bicyclic) bond motifs is 1. The molecule has 14 heavy (non-hydrogen) atoms. The van der Waals surface area contributed by atoms with Gasteiger partial charge in [0.15, 0.2) is 0 Å². The summed E-state index contributed by atoms with van der Waals surface area (Å²) < 4.78 is 4.96. The van der Waals surface area contributed by atoms with Crippen LogP contribution in [0.25, 0.3) is 0 Å². The van der Waals surface area contributed by atoms with Crippen LogP contribution in [0.1, 0.15) is 18.6 Å². The molecule has 1 aliphatic heterocycles. The van der Waals surface area contributed by atoms with E-state index in [0.717, 1.165) is 0 Å². The van der Waals surface area contributed by atoms with Gasteiger partial charge in [0.25, 0.3) is 0 Å². The smallest absolute Gasteiger partial charge is 0.359 e. The maximum absolute atomic E-state index is 11.2. The first-order valence-corrected chi connectivity index (χ1v) is 4.39. The van der Waals surface area contributed by atoms with E-state index in [9.17, 15) is 9.59 Å². The van der Waals surface area contributed by atoms with Gasteiger partial charge < -0.3 is 15.5 Å². The monoisotopic (exact) mass is 194 g/mol. The van der Waals surface area contributed by atoms with E-state index in [1.165, 1.54) is 6.07 Å². The molecule has 3 N–H and O–H groups in total. The second-order valence-electron chi connectivity index (χ2n) is 3.23. The van der Waals surface area contributed by atoms with Crippen molar-refractivity contribution in [3.05, 3.63) is 22.2 Å². The highest BCUT2D eigenvalue weighted by Gasteiger charge is 2.16. The first kappa shape index (κ1) is 8.80. The Morgan fingerprint density at radius 1 is 1.36 bits per heavy atom. The predicted octanol–water partition coefficient (Wildman–Crippen LogP) is 0.497. The molecule has 0 radical (unpaired) electrons. The van der Waals surface area contributed by atoms with Gasteiger partial charge in [-0.2, -0.15) is 0 Å². The number of hydrogen-bond donors (Lipinski definition) is 2. The van der Waals surface area contributed by atoms with Gasteiger partial charge in [0.1, 0.15) is 11.4 Å². The average molecular weight is 194 g/mol. The highest BCUT2D eigenvalue weighted by molar-refractivity contribution is 5.92. The van der Waals surface area contributed by atoms with Gasteiger partial charge in [-0.1, -0.05) is 0 Å². The molecular formula is C9H10N2O3. The molecule has 5 heteroatoms. The standard InChI is InChI=1S/C9H10N2O3/c10-5-4-6-7(14-9(5)13)2-1-3-8(12)11-6/h4H,1-3,10H2,(H,11,12). The molecule has 0 atom stereocenters. The average Bonchev–Trinajstić information content (AvgIpc) is 2.28. The van der Waals surface area contributed by atoms with Crippen molar-refractivity contribution in [3.8, 4) is 0 Å². The number of amides is 1. The molecule has 1 aromatic heterocycles. The first-order valence-electron chi connectivity index (χ1n) is 4.39. The summed E-state index contributed by atoms with van der Waals surface area (Å²) in [5, 5.41) is 2.64. The van der Waals surface area contributed by atoms with Crippen LogP contribution in [0.5, 0.6) is 0 Å². The second kappa shape index (κ2) is 3.17. The number of carbonyl (C=O) groups excluding carboxylic acids is 1. The Hall–Kier alpha value is -1.78. The van der Waals surface area contributed by atoms with Crippen molar-refractivity contribution in [1.29, 1.82) is 0 Å². The molecule has 0 fully saturated rings. The third-order valence-corrected chi connectivity index (χ3v) is 2.13. The molecule has 2 rings (SSSR count). The lowest BCUT2D eigenvalue weighted by molar-refractivity contribution is -0.116. The van der Waals surface area contributed by atoms with Crippen LogP contribution in [0.15, 0.2) is 15.3 Å². The van der Waals surface area contributed by atoms with Crippen molar-refractivity contribution in [2.24, 2.45) is 0 Å². The van der Waals surface area contributed by atoms with E-state index in [2.05, 4.69) is 5.32 Å². The summed E-state index contributed by atoms with van der Waals surface area (Å²) in [5.74, 6) is 0.437. The molecule has 5 nitrogen and oxygen atoms in total. The summed E-state index contributed by atoms with van der Waals surface area (Å²) in [4.78, 5) is 22.3. The predicted molar refractivity (Wildman–Crippen MR) is 51.0 cm³/mol. The third-order valence-electron chi connectivity index (χ3n) is 2.13. The Morgan fingerprint density at radius 3 is 2.93 bits per heavy atom. The zero-order valence-electron chi connectivity index (χ0n) is 7.50. The number of carbonyl (C=O) groups is 1. The number of rotatable bonds is 0. The van der Waals surface area contributed by atoms with E-state index in [0.29, 0.717) is 30.7 Å². The summed E-state index contributed by atoms with van der Waals surface area (Å²) in [7, 11) is 0. The number of nitrogen functional groups attached to an aromatic ring is 1. The molecule has 0 bridgehead atoms. The minimum absolute atomic E-state index is 0.0194. The fourth-order valence-electron chi connectivity index (χ4n) is 1.43. The van der Waals surface area contributed by atoms with Crippen molar-refractivity contribution < 1.29 is 9.21 Å². The minimum Gasteiger partial charge on any atom is -0.424 e. The fourth-order valence-corrected chi connectivity index (χ4v) is 1.43. The molecular weight excluding hydrogens is 184 g/mol.